The van der Waals surface area contributed by atoms with E-state index in [4.69, 9.17) is 11.6 Å². The van der Waals surface area contributed by atoms with E-state index in [9.17, 15) is 13.2 Å². The maximum absolute atomic E-state index is 12.8. The summed E-state index contributed by atoms with van der Waals surface area (Å²) >= 11 is 7.52. The van der Waals surface area contributed by atoms with Crippen molar-refractivity contribution in [3.05, 3.63) is 51.7 Å². The fraction of sp³-hybridized carbons (Fsp3) is 0.450. The fourth-order valence-corrected chi connectivity index (χ4v) is 5.99. The van der Waals surface area contributed by atoms with Crippen molar-refractivity contribution < 1.29 is 13.2 Å². The first-order valence-corrected chi connectivity index (χ1v) is 12.2. The van der Waals surface area contributed by atoms with Crippen LogP contribution >= 0.6 is 22.9 Å². The highest BCUT2D eigenvalue weighted by Gasteiger charge is 2.32. The Balaban J connectivity index is 1.54. The second-order valence-electron chi connectivity index (χ2n) is 7.37. The van der Waals surface area contributed by atoms with Gasteiger partial charge in [0, 0.05) is 35.5 Å². The van der Waals surface area contributed by atoms with Crippen LogP contribution in [0.2, 0.25) is 5.02 Å². The third-order valence-electron chi connectivity index (χ3n) is 5.24. The molecule has 2 heterocycles. The maximum atomic E-state index is 12.8. The molecule has 0 radical (unpaired) electrons. The largest absolute Gasteiger partial charge is 0.354 e. The summed E-state index contributed by atoms with van der Waals surface area (Å²) < 4.78 is 27.0. The van der Waals surface area contributed by atoms with Gasteiger partial charge < -0.3 is 10.2 Å². The van der Waals surface area contributed by atoms with Crippen LogP contribution in [0, 0.1) is 5.92 Å². The minimum atomic E-state index is -3.56. The Kier molecular flexibility index (Phi) is 7.34. The summed E-state index contributed by atoms with van der Waals surface area (Å²) in [5, 5.41) is 5.59. The van der Waals surface area contributed by atoms with Crippen LogP contribution in [0.5, 0.6) is 0 Å². The molecule has 1 atom stereocenters. The Hall–Kier alpha value is -1.45. The summed E-state index contributed by atoms with van der Waals surface area (Å²) in [7, 11) is 0.437. The number of benzene rings is 1. The zero-order valence-electron chi connectivity index (χ0n) is 16.5. The van der Waals surface area contributed by atoms with Gasteiger partial charge in [0.2, 0.25) is 15.9 Å². The van der Waals surface area contributed by atoms with E-state index in [2.05, 4.69) is 16.3 Å². The van der Waals surface area contributed by atoms with Gasteiger partial charge in [-0.1, -0.05) is 17.7 Å². The number of rotatable bonds is 7. The lowest BCUT2D eigenvalue weighted by atomic mass is 9.97. The quantitative estimate of drug-likeness (QED) is 0.695. The van der Waals surface area contributed by atoms with Crippen molar-refractivity contribution in [2.75, 3.05) is 33.7 Å². The first-order chi connectivity index (χ1) is 13.8. The number of amides is 1. The van der Waals surface area contributed by atoms with Gasteiger partial charge >= 0.3 is 0 Å². The number of carbonyl (C=O) groups excluding carboxylic acids is 1. The van der Waals surface area contributed by atoms with E-state index in [1.54, 1.807) is 23.5 Å². The average molecular weight is 456 g/mol. The Labute approximate surface area is 181 Å². The van der Waals surface area contributed by atoms with Crippen molar-refractivity contribution in [2.45, 2.75) is 23.8 Å². The van der Waals surface area contributed by atoms with E-state index in [-0.39, 0.29) is 22.8 Å². The van der Waals surface area contributed by atoms with Crippen LogP contribution in [-0.2, 0) is 14.8 Å². The lowest BCUT2D eigenvalue weighted by Gasteiger charge is -2.31. The Morgan fingerprint density at radius 3 is 2.45 bits per heavy atom. The number of nitrogens with zero attached hydrogens (tertiary/aromatic N) is 2. The molecule has 1 amide bonds. The van der Waals surface area contributed by atoms with Crippen molar-refractivity contribution in [1.29, 1.82) is 0 Å². The van der Waals surface area contributed by atoms with Crippen LogP contribution in [0.1, 0.15) is 23.8 Å². The van der Waals surface area contributed by atoms with Crippen molar-refractivity contribution in [1.82, 2.24) is 14.5 Å². The van der Waals surface area contributed by atoms with E-state index in [1.807, 2.05) is 25.5 Å². The number of halogens is 1. The summed E-state index contributed by atoms with van der Waals surface area (Å²) in [6.07, 6.45) is 1.04. The molecule has 1 fully saturated rings. The van der Waals surface area contributed by atoms with Crippen LogP contribution in [0.25, 0.3) is 0 Å². The number of hydrogen-bond donors (Lipinski definition) is 1. The highest BCUT2D eigenvalue weighted by molar-refractivity contribution is 7.89. The minimum Gasteiger partial charge on any atom is -0.354 e. The predicted octanol–water partition coefficient (Wildman–Crippen LogP) is 3.22. The van der Waals surface area contributed by atoms with Crippen LogP contribution in [0.4, 0.5) is 0 Å². The SMILES string of the molecule is CN(C)[C@H](CNC(=O)C1CCN(S(=O)(=O)c2ccc(Cl)cc2)CC1)c1cccs1. The Bertz CT molecular complexity index is 907. The predicted molar refractivity (Wildman–Crippen MR) is 117 cm³/mol. The molecule has 3 rings (SSSR count). The van der Waals surface area contributed by atoms with E-state index in [0.29, 0.717) is 37.5 Å². The van der Waals surface area contributed by atoms with Gasteiger partial charge in [-0.3, -0.25) is 4.79 Å². The van der Waals surface area contributed by atoms with Gasteiger partial charge in [-0.2, -0.15) is 4.31 Å². The van der Waals surface area contributed by atoms with Gasteiger partial charge in [0.1, 0.15) is 0 Å². The molecule has 1 aromatic heterocycles. The molecule has 0 aliphatic carbocycles. The van der Waals surface area contributed by atoms with Gasteiger partial charge in [0.15, 0.2) is 0 Å². The maximum Gasteiger partial charge on any atom is 0.243 e. The van der Waals surface area contributed by atoms with Crippen LogP contribution < -0.4 is 5.32 Å². The number of likely N-dealkylation sites (N-methyl/N-ethyl adjacent to an activating group) is 1. The zero-order valence-corrected chi connectivity index (χ0v) is 18.9. The van der Waals surface area contributed by atoms with Gasteiger partial charge in [-0.05, 0) is 62.6 Å². The summed E-state index contributed by atoms with van der Waals surface area (Å²) in [5.74, 6) is -0.172. The molecule has 158 valence electrons. The molecular weight excluding hydrogens is 430 g/mol. The number of piperidine rings is 1. The summed E-state index contributed by atoms with van der Waals surface area (Å²) in [5.41, 5.74) is 0. The molecule has 0 spiro atoms. The van der Waals surface area contributed by atoms with E-state index in [0.717, 1.165) is 0 Å². The lowest BCUT2D eigenvalue weighted by Crippen LogP contribution is -2.44. The molecule has 6 nitrogen and oxygen atoms in total. The molecule has 0 saturated carbocycles. The van der Waals surface area contributed by atoms with Crippen molar-refractivity contribution in [3.8, 4) is 0 Å². The first kappa shape index (κ1) is 22.2. The molecular formula is C20H26ClN3O3S2. The second kappa shape index (κ2) is 9.57. The number of thiophene rings is 1. The molecule has 1 aliphatic rings. The molecule has 9 heteroatoms. The molecule has 0 bridgehead atoms. The van der Waals surface area contributed by atoms with Crippen LogP contribution in [-0.4, -0.2) is 57.3 Å². The fourth-order valence-electron chi connectivity index (χ4n) is 3.47. The zero-order chi connectivity index (χ0) is 21.0. The molecule has 2 aromatic rings. The second-order valence-corrected chi connectivity index (χ2v) is 10.7. The van der Waals surface area contributed by atoms with Crippen molar-refractivity contribution in [2.24, 2.45) is 5.92 Å². The molecule has 0 unspecified atom stereocenters. The third kappa shape index (κ3) is 5.38. The third-order valence-corrected chi connectivity index (χ3v) is 8.38. The van der Waals surface area contributed by atoms with E-state index < -0.39 is 10.0 Å². The summed E-state index contributed by atoms with van der Waals surface area (Å²) in [6.45, 7) is 1.21. The molecule has 1 saturated heterocycles. The smallest absolute Gasteiger partial charge is 0.243 e. The standard InChI is InChI=1S/C20H26ClN3O3S2/c1-23(2)18(19-4-3-13-28-19)14-22-20(25)15-9-11-24(12-10-15)29(26,27)17-7-5-16(21)6-8-17/h3-8,13,15,18H,9-12,14H2,1-2H3,(H,22,25)/t18-/m1/s1. The van der Waals surface area contributed by atoms with Crippen molar-refractivity contribution in [3.63, 3.8) is 0 Å². The van der Waals surface area contributed by atoms with Crippen LogP contribution in [0.15, 0.2) is 46.7 Å². The number of sulfonamides is 1. The molecule has 1 aromatic carbocycles. The van der Waals surface area contributed by atoms with Gasteiger partial charge in [-0.15, -0.1) is 11.3 Å². The highest BCUT2D eigenvalue weighted by atomic mass is 35.5. The average Bonchev–Trinajstić information content (AvgIpc) is 3.22. The summed E-state index contributed by atoms with van der Waals surface area (Å²) in [4.78, 5) is 16.2. The summed E-state index contributed by atoms with van der Waals surface area (Å²) in [6, 6.07) is 10.4. The lowest BCUT2D eigenvalue weighted by molar-refractivity contribution is -0.126. The van der Waals surface area contributed by atoms with Gasteiger partial charge in [0.05, 0.1) is 10.9 Å². The minimum absolute atomic E-state index is 0.00283. The monoisotopic (exact) mass is 455 g/mol. The number of nitrogens with one attached hydrogen (secondary N) is 1. The molecule has 1 N–H and O–H groups in total. The number of hydrogen-bond acceptors (Lipinski definition) is 5. The van der Waals surface area contributed by atoms with Crippen molar-refractivity contribution >= 4 is 38.9 Å². The number of carbonyl (C=O) groups is 1. The Morgan fingerprint density at radius 1 is 1.24 bits per heavy atom. The highest BCUT2D eigenvalue weighted by Crippen LogP contribution is 2.26. The first-order valence-electron chi connectivity index (χ1n) is 9.52. The molecule has 29 heavy (non-hydrogen) atoms. The normalized spacial score (nSPS) is 17.4. The van der Waals surface area contributed by atoms with E-state index in [1.165, 1.54) is 21.3 Å². The topological polar surface area (TPSA) is 69.7 Å². The Morgan fingerprint density at radius 2 is 1.90 bits per heavy atom. The van der Waals surface area contributed by atoms with Gasteiger partial charge in [0.25, 0.3) is 0 Å². The van der Waals surface area contributed by atoms with Crippen LogP contribution in [0.3, 0.4) is 0 Å². The molecule has 1 aliphatic heterocycles. The van der Waals surface area contributed by atoms with E-state index >= 15 is 0 Å². The van der Waals surface area contributed by atoms with Gasteiger partial charge in [-0.25, -0.2) is 8.42 Å².